The number of halogens is 1. The molecule has 0 unspecified atom stereocenters. The Labute approximate surface area is 142 Å². The molecule has 2 aromatic rings. The molecule has 0 bridgehead atoms. The summed E-state index contributed by atoms with van der Waals surface area (Å²) in [5.41, 5.74) is 2.12. The van der Waals surface area contributed by atoms with Crippen LogP contribution in [0.3, 0.4) is 0 Å². The molecular formula is C17H16BrNO4. The monoisotopic (exact) mass is 377 g/mol. The quantitative estimate of drug-likeness (QED) is 0.855. The number of benzene rings is 2. The predicted octanol–water partition coefficient (Wildman–Crippen LogP) is 3.99. The molecule has 0 fully saturated rings. The van der Waals surface area contributed by atoms with E-state index in [2.05, 4.69) is 15.9 Å². The SMILES string of the molecule is Cc1cc(Br)ccc1N(CC(=O)O)C(=O)OCc1ccccc1. The van der Waals surface area contributed by atoms with Crippen molar-refractivity contribution in [1.29, 1.82) is 0 Å². The van der Waals surface area contributed by atoms with Gasteiger partial charge in [-0.2, -0.15) is 0 Å². The molecule has 0 aliphatic heterocycles. The second-order valence-electron chi connectivity index (χ2n) is 4.95. The summed E-state index contributed by atoms with van der Waals surface area (Å²) >= 11 is 3.34. The van der Waals surface area contributed by atoms with E-state index in [1.807, 2.05) is 36.4 Å². The van der Waals surface area contributed by atoms with Crippen LogP contribution in [0.5, 0.6) is 0 Å². The van der Waals surface area contributed by atoms with E-state index in [0.29, 0.717) is 5.69 Å². The third-order valence-corrected chi connectivity index (χ3v) is 3.66. The zero-order valence-corrected chi connectivity index (χ0v) is 14.1. The number of nitrogens with zero attached hydrogens (tertiary/aromatic N) is 1. The van der Waals surface area contributed by atoms with Crippen LogP contribution in [0, 0.1) is 6.92 Å². The van der Waals surface area contributed by atoms with Gasteiger partial charge < -0.3 is 9.84 Å². The van der Waals surface area contributed by atoms with E-state index in [4.69, 9.17) is 9.84 Å². The average Bonchev–Trinajstić information content (AvgIpc) is 2.51. The maximum atomic E-state index is 12.3. The number of hydrogen-bond acceptors (Lipinski definition) is 3. The highest BCUT2D eigenvalue weighted by Gasteiger charge is 2.22. The number of aliphatic carboxylic acids is 1. The standard InChI is InChI=1S/C17H16BrNO4/c1-12-9-14(18)7-8-15(12)19(10-16(20)21)17(22)23-11-13-5-3-2-4-6-13/h2-9H,10-11H2,1H3,(H,20,21). The Kier molecular flexibility index (Phi) is 5.76. The lowest BCUT2D eigenvalue weighted by Crippen LogP contribution is -2.36. The minimum absolute atomic E-state index is 0.0887. The molecule has 0 spiro atoms. The first kappa shape index (κ1) is 17.0. The van der Waals surface area contributed by atoms with E-state index >= 15 is 0 Å². The third-order valence-electron chi connectivity index (χ3n) is 3.17. The molecule has 2 rings (SSSR count). The van der Waals surface area contributed by atoms with E-state index in [0.717, 1.165) is 20.5 Å². The van der Waals surface area contributed by atoms with Crippen molar-refractivity contribution >= 4 is 33.7 Å². The highest BCUT2D eigenvalue weighted by molar-refractivity contribution is 9.10. The van der Waals surface area contributed by atoms with Crippen molar-refractivity contribution in [1.82, 2.24) is 0 Å². The van der Waals surface area contributed by atoms with Gasteiger partial charge in [0.25, 0.3) is 0 Å². The normalized spacial score (nSPS) is 10.2. The largest absolute Gasteiger partial charge is 0.480 e. The van der Waals surface area contributed by atoms with Crippen molar-refractivity contribution in [3.63, 3.8) is 0 Å². The first-order valence-electron chi connectivity index (χ1n) is 6.93. The number of carbonyl (C=O) groups excluding carboxylic acids is 1. The van der Waals surface area contributed by atoms with Crippen molar-refractivity contribution < 1.29 is 19.4 Å². The summed E-state index contributed by atoms with van der Waals surface area (Å²) in [6.07, 6.45) is -0.693. The maximum absolute atomic E-state index is 12.3. The lowest BCUT2D eigenvalue weighted by atomic mass is 10.2. The lowest BCUT2D eigenvalue weighted by molar-refractivity contribution is -0.135. The van der Waals surface area contributed by atoms with Crippen molar-refractivity contribution in [2.45, 2.75) is 13.5 Å². The van der Waals surface area contributed by atoms with Crippen LogP contribution < -0.4 is 4.90 Å². The Balaban J connectivity index is 2.17. The van der Waals surface area contributed by atoms with Crippen LogP contribution in [0.15, 0.2) is 53.0 Å². The molecule has 0 aliphatic rings. The number of carbonyl (C=O) groups is 2. The number of rotatable bonds is 5. The number of ether oxygens (including phenoxy) is 1. The first-order valence-corrected chi connectivity index (χ1v) is 7.73. The zero-order valence-electron chi connectivity index (χ0n) is 12.5. The molecule has 0 radical (unpaired) electrons. The maximum Gasteiger partial charge on any atom is 0.415 e. The van der Waals surface area contributed by atoms with Gasteiger partial charge in [0.1, 0.15) is 13.2 Å². The van der Waals surface area contributed by atoms with E-state index in [-0.39, 0.29) is 6.61 Å². The van der Waals surface area contributed by atoms with Gasteiger partial charge in [-0.3, -0.25) is 9.69 Å². The Morgan fingerprint density at radius 2 is 1.87 bits per heavy atom. The Hall–Kier alpha value is -2.34. The molecule has 5 nitrogen and oxygen atoms in total. The molecule has 1 amide bonds. The highest BCUT2D eigenvalue weighted by Crippen LogP contribution is 2.24. The smallest absolute Gasteiger partial charge is 0.415 e. The summed E-state index contributed by atoms with van der Waals surface area (Å²) in [6, 6.07) is 14.5. The number of amides is 1. The molecule has 120 valence electrons. The molecule has 2 aromatic carbocycles. The van der Waals surface area contributed by atoms with Crippen molar-refractivity contribution in [2.24, 2.45) is 0 Å². The van der Waals surface area contributed by atoms with Crippen LogP contribution in [0.1, 0.15) is 11.1 Å². The second kappa shape index (κ2) is 7.78. The Morgan fingerprint density at radius 1 is 1.17 bits per heavy atom. The third kappa shape index (κ3) is 4.82. The average molecular weight is 378 g/mol. The summed E-state index contributed by atoms with van der Waals surface area (Å²) in [6.45, 7) is 1.43. The van der Waals surface area contributed by atoms with Crippen molar-refractivity contribution in [3.8, 4) is 0 Å². The number of carboxylic acids is 1. The fourth-order valence-electron chi connectivity index (χ4n) is 2.10. The van der Waals surface area contributed by atoms with Gasteiger partial charge in [-0.1, -0.05) is 46.3 Å². The van der Waals surface area contributed by atoms with E-state index < -0.39 is 18.6 Å². The molecule has 0 aliphatic carbocycles. The van der Waals surface area contributed by atoms with Gasteiger partial charge in [0, 0.05) is 4.47 Å². The fourth-order valence-corrected chi connectivity index (χ4v) is 2.58. The summed E-state index contributed by atoms with van der Waals surface area (Å²) in [7, 11) is 0. The van der Waals surface area contributed by atoms with Gasteiger partial charge in [0.05, 0.1) is 5.69 Å². The van der Waals surface area contributed by atoms with Gasteiger partial charge in [-0.05, 0) is 36.2 Å². The summed E-state index contributed by atoms with van der Waals surface area (Å²) in [5, 5.41) is 9.07. The zero-order chi connectivity index (χ0) is 16.8. The summed E-state index contributed by atoms with van der Waals surface area (Å²) in [5.74, 6) is -1.11. The number of hydrogen-bond donors (Lipinski definition) is 1. The van der Waals surface area contributed by atoms with Crippen molar-refractivity contribution in [2.75, 3.05) is 11.4 Å². The van der Waals surface area contributed by atoms with Crippen LogP contribution in [0.25, 0.3) is 0 Å². The molecule has 0 aromatic heterocycles. The van der Waals surface area contributed by atoms with E-state index in [1.165, 1.54) is 0 Å². The molecule has 23 heavy (non-hydrogen) atoms. The number of carboxylic acid groups (broad SMARTS) is 1. The molecule has 1 N–H and O–H groups in total. The van der Waals surface area contributed by atoms with Gasteiger partial charge in [-0.25, -0.2) is 4.79 Å². The van der Waals surface area contributed by atoms with Gasteiger partial charge in [0.15, 0.2) is 0 Å². The van der Waals surface area contributed by atoms with Crippen LogP contribution in [-0.4, -0.2) is 23.7 Å². The van der Waals surface area contributed by atoms with Crippen LogP contribution in [0.2, 0.25) is 0 Å². The minimum Gasteiger partial charge on any atom is -0.480 e. The summed E-state index contributed by atoms with van der Waals surface area (Å²) in [4.78, 5) is 24.5. The van der Waals surface area contributed by atoms with Gasteiger partial charge in [0.2, 0.25) is 0 Å². The molecule has 6 heteroatoms. The Morgan fingerprint density at radius 3 is 2.48 bits per heavy atom. The predicted molar refractivity (Wildman–Crippen MR) is 90.5 cm³/mol. The molecular weight excluding hydrogens is 362 g/mol. The van der Waals surface area contributed by atoms with Gasteiger partial charge in [-0.15, -0.1) is 0 Å². The van der Waals surface area contributed by atoms with Crippen LogP contribution in [-0.2, 0) is 16.1 Å². The molecule has 0 saturated heterocycles. The highest BCUT2D eigenvalue weighted by atomic mass is 79.9. The van der Waals surface area contributed by atoms with E-state index in [9.17, 15) is 9.59 Å². The molecule has 0 heterocycles. The van der Waals surface area contributed by atoms with Crippen LogP contribution in [0.4, 0.5) is 10.5 Å². The van der Waals surface area contributed by atoms with E-state index in [1.54, 1.807) is 19.1 Å². The first-order chi connectivity index (χ1) is 11.0. The van der Waals surface area contributed by atoms with Crippen LogP contribution >= 0.6 is 15.9 Å². The topological polar surface area (TPSA) is 66.8 Å². The van der Waals surface area contributed by atoms with Gasteiger partial charge >= 0.3 is 12.1 Å². The lowest BCUT2D eigenvalue weighted by Gasteiger charge is -2.22. The fraction of sp³-hybridized carbons (Fsp3) is 0.176. The molecule has 0 atom stereocenters. The minimum atomic E-state index is -1.11. The Bertz CT molecular complexity index is 703. The number of anilines is 1. The number of aryl methyl sites for hydroxylation is 1. The molecule has 0 saturated carbocycles. The second-order valence-corrected chi connectivity index (χ2v) is 5.87. The van der Waals surface area contributed by atoms with Crippen molar-refractivity contribution in [3.05, 3.63) is 64.1 Å². The summed E-state index contributed by atoms with van der Waals surface area (Å²) < 4.78 is 6.10.